The molecule has 2 bridgehead atoms. The zero-order valence-electron chi connectivity index (χ0n) is 36.9. The van der Waals surface area contributed by atoms with E-state index in [1.54, 1.807) is 44.8 Å². The molecule has 4 rings (SSSR count). The molecule has 324 valence electrons. The minimum absolute atomic E-state index is 0.00534. The summed E-state index contributed by atoms with van der Waals surface area (Å²) in [5, 5.41) is 12.3. The first-order chi connectivity index (χ1) is 27.3. The van der Waals surface area contributed by atoms with Crippen LogP contribution >= 0.6 is 11.8 Å². The number of ketones is 1. The van der Waals surface area contributed by atoms with Gasteiger partial charge in [0.15, 0.2) is 0 Å². The molecule has 3 aliphatic rings. The summed E-state index contributed by atoms with van der Waals surface area (Å²) in [6, 6.07) is 4.73. The number of amides is 3. The number of likely N-dealkylation sites (N-methyl/N-ethyl adjacent to an activating group) is 2. The van der Waals surface area contributed by atoms with E-state index in [-0.39, 0.29) is 54.2 Å². The standard InChI is InChI=1S/C45H70N4O8S/c1-12-28(3)39-43(54)49-21-13-14-36(49)44(55)57-38(45(6,7)8)23-27(2)22-37(51)29(4)40-46-33(26-58-40)17-18-34(50)25-32(24-31-15-19-35(56-11)20-16-31)42(53)47(9)30(5)41(52)48(39)10/h15-16,19-20,27-30,32-33,36-39,51H,12-14,17-18,21-26H2,1-11H3/t27-,28-,29-,30-,32+,33?,36-,37-,38-,39-/m0/s1. The van der Waals surface area contributed by atoms with Crippen LogP contribution in [0, 0.1) is 29.1 Å². The molecule has 13 heteroatoms. The predicted molar refractivity (Wildman–Crippen MR) is 229 cm³/mol. The number of rotatable bonds is 5. The number of carbonyl (C=O) groups excluding carboxylic acids is 5. The minimum Gasteiger partial charge on any atom is -0.497 e. The Bertz CT molecular complexity index is 1630. The molecule has 0 aromatic heterocycles. The molecule has 1 fully saturated rings. The Balaban J connectivity index is 1.69. The molecule has 58 heavy (non-hydrogen) atoms. The summed E-state index contributed by atoms with van der Waals surface area (Å²) in [4.78, 5) is 80.3. The van der Waals surface area contributed by atoms with E-state index < -0.39 is 53.5 Å². The lowest BCUT2D eigenvalue weighted by Gasteiger charge is -2.39. The van der Waals surface area contributed by atoms with Crippen LogP contribution < -0.4 is 4.74 Å². The second-order valence-corrected chi connectivity index (χ2v) is 19.3. The van der Waals surface area contributed by atoms with E-state index in [0.29, 0.717) is 57.2 Å². The van der Waals surface area contributed by atoms with Crippen LogP contribution in [0.5, 0.6) is 5.75 Å². The quantitative estimate of drug-likeness (QED) is 0.343. The van der Waals surface area contributed by atoms with Crippen molar-refractivity contribution < 1.29 is 38.6 Å². The van der Waals surface area contributed by atoms with Gasteiger partial charge in [-0.25, -0.2) is 4.79 Å². The number of nitrogens with zero attached hydrogens (tertiary/aromatic N) is 4. The fraction of sp³-hybridized carbons (Fsp3) is 0.733. The van der Waals surface area contributed by atoms with Gasteiger partial charge in [0, 0.05) is 51.1 Å². The van der Waals surface area contributed by atoms with Gasteiger partial charge in [-0.15, -0.1) is 11.8 Å². The number of benzene rings is 1. The number of aliphatic imine (C=N–C) groups is 1. The van der Waals surface area contributed by atoms with E-state index in [1.165, 1.54) is 9.80 Å². The summed E-state index contributed by atoms with van der Waals surface area (Å²) < 4.78 is 11.6. The van der Waals surface area contributed by atoms with Gasteiger partial charge >= 0.3 is 5.97 Å². The number of fused-ring (bicyclic) bond motifs is 2. The summed E-state index contributed by atoms with van der Waals surface area (Å²) in [5.41, 5.74) is 0.464. The smallest absolute Gasteiger partial charge is 0.329 e. The second-order valence-electron chi connectivity index (χ2n) is 18.3. The van der Waals surface area contributed by atoms with Gasteiger partial charge in [0.2, 0.25) is 17.7 Å². The summed E-state index contributed by atoms with van der Waals surface area (Å²) in [6.45, 7) is 16.0. The van der Waals surface area contributed by atoms with E-state index in [1.807, 2.05) is 65.8 Å². The molecule has 1 unspecified atom stereocenters. The number of hydrogen-bond donors (Lipinski definition) is 1. The number of cyclic esters (lactones) is 1. The first-order valence-electron chi connectivity index (χ1n) is 21.3. The highest BCUT2D eigenvalue weighted by Crippen LogP contribution is 2.34. The third-order valence-electron chi connectivity index (χ3n) is 12.7. The summed E-state index contributed by atoms with van der Waals surface area (Å²) >= 11 is 1.62. The van der Waals surface area contributed by atoms with Crippen LogP contribution in [0.3, 0.4) is 0 Å². The number of carbonyl (C=O) groups is 5. The minimum atomic E-state index is -0.936. The molecule has 1 aromatic rings. The SMILES string of the molecule is CC[C@H](C)[C@H]1C(=O)N2CCC[C@H]2C(=O)O[C@H](C(C)(C)C)C[C@@H](C)C[C@H](O)[C@H](C)C2=NC(CCC(=O)C[C@@H](Cc3ccc(OC)cc3)C(=O)N(C)[C@@H](C)C(=O)N1C)CS2. The van der Waals surface area contributed by atoms with Crippen LogP contribution in [0.1, 0.15) is 112 Å². The van der Waals surface area contributed by atoms with Crippen LogP contribution in [-0.4, -0.2) is 124 Å². The van der Waals surface area contributed by atoms with Crippen molar-refractivity contribution in [2.75, 3.05) is 33.5 Å². The Hall–Kier alpha value is -3.45. The lowest BCUT2D eigenvalue weighted by molar-refractivity contribution is -0.166. The highest BCUT2D eigenvalue weighted by atomic mass is 32.2. The number of methoxy groups -OCH3 is 1. The Morgan fingerprint density at radius 2 is 1.64 bits per heavy atom. The number of Topliss-reactive ketones (excluding diaryl/α,β-unsaturated/α-hetero) is 1. The van der Waals surface area contributed by atoms with Gasteiger partial charge in [-0.1, -0.05) is 67.0 Å². The van der Waals surface area contributed by atoms with E-state index >= 15 is 0 Å². The number of ether oxygens (including phenoxy) is 2. The Morgan fingerprint density at radius 1 is 0.966 bits per heavy atom. The van der Waals surface area contributed by atoms with Gasteiger partial charge in [-0.2, -0.15) is 0 Å². The van der Waals surface area contributed by atoms with Crippen molar-refractivity contribution in [2.45, 2.75) is 150 Å². The molecule has 1 N–H and O–H groups in total. The van der Waals surface area contributed by atoms with Crippen LogP contribution in [0.15, 0.2) is 29.3 Å². The molecule has 0 spiro atoms. The van der Waals surface area contributed by atoms with Crippen molar-refractivity contribution in [3.63, 3.8) is 0 Å². The summed E-state index contributed by atoms with van der Waals surface area (Å²) in [7, 11) is 4.76. The van der Waals surface area contributed by atoms with Gasteiger partial charge < -0.3 is 29.3 Å². The Kier molecular flexibility index (Phi) is 16.8. The molecule has 1 aromatic carbocycles. The van der Waals surface area contributed by atoms with Crippen molar-refractivity contribution >= 4 is 46.3 Å². The van der Waals surface area contributed by atoms with Gasteiger partial charge in [0.05, 0.1) is 24.3 Å². The van der Waals surface area contributed by atoms with Gasteiger partial charge in [-0.3, -0.25) is 24.2 Å². The maximum atomic E-state index is 14.6. The number of hydrogen-bond acceptors (Lipinski definition) is 10. The molecule has 3 heterocycles. The first-order valence-corrected chi connectivity index (χ1v) is 22.3. The average Bonchev–Trinajstić information content (AvgIpc) is 3.88. The number of thioether (sulfide) groups is 1. The summed E-state index contributed by atoms with van der Waals surface area (Å²) in [5.74, 6) is -1.30. The average molecular weight is 827 g/mol. The molecule has 0 aliphatic carbocycles. The third kappa shape index (κ3) is 11.9. The fourth-order valence-corrected chi connectivity index (χ4v) is 9.65. The monoisotopic (exact) mass is 826 g/mol. The van der Waals surface area contributed by atoms with Crippen LogP contribution in [0.2, 0.25) is 0 Å². The highest BCUT2D eigenvalue weighted by molar-refractivity contribution is 8.14. The Labute approximate surface area is 351 Å². The van der Waals surface area contributed by atoms with Gasteiger partial charge in [0.1, 0.15) is 35.8 Å². The van der Waals surface area contributed by atoms with Crippen molar-refractivity contribution in [1.82, 2.24) is 14.7 Å². The van der Waals surface area contributed by atoms with Crippen molar-refractivity contribution in [3.05, 3.63) is 29.8 Å². The molecule has 0 radical (unpaired) electrons. The fourth-order valence-electron chi connectivity index (χ4n) is 8.41. The van der Waals surface area contributed by atoms with Crippen molar-refractivity contribution in [3.8, 4) is 5.75 Å². The second kappa shape index (κ2) is 20.7. The molecule has 3 aliphatic heterocycles. The normalized spacial score (nSPS) is 31.3. The molecule has 0 saturated carbocycles. The highest BCUT2D eigenvalue weighted by Gasteiger charge is 2.44. The molecule has 12 nitrogen and oxygen atoms in total. The lowest BCUT2D eigenvalue weighted by atomic mass is 9.81. The van der Waals surface area contributed by atoms with Crippen LogP contribution in [-0.2, 0) is 35.1 Å². The zero-order chi connectivity index (χ0) is 43.1. The maximum absolute atomic E-state index is 14.6. The predicted octanol–water partition coefficient (Wildman–Crippen LogP) is 6.20. The first kappa shape index (κ1) is 47.2. The zero-order valence-corrected chi connectivity index (χ0v) is 37.7. The van der Waals surface area contributed by atoms with Crippen LogP contribution in [0.25, 0.3) is 0 Å². The molecule has 1 saturated heterocycles. The maximum Gasteiger partial charge on any atom is 0.329 e. The van der Waals surface area contributed by atoms with E-state index in [0.717, 1.165) is 16.4 Å². The number of esters is 1. The number of aliphatic hydroxyl groups excluding tert-OH is 1. The largest absolute Gasteiger partial charge is 0.497 e. The van der Waals surface area contributed by atoms with E-state index in [2.05, 4.69) is 6.92 Å². The number of aliphatic hydroxyl groups is 1. The molecule has 3 amide bonds. The molecular weight excluding hydrogens is 757 g/mol. The van der Waals surface area contributed by atoms with Crippen molar-refractivity contribution in [2.24, 2.45) is 34.1 Å². The van der Waals surface area contributed by atoms with Gasteiger partial charge in [-0.05, 0) is 80.4 Å². The van der Waals surface area contributed by atoms with E-state index in [4.69, 9.17) is 14.5 Å². The molecular formula is C45H70N4O8S. The summed E-state index contributed by atoms with van der Waals surface area (Å²) in [6.07, 6.45) is 2.71. The Morgan fingerprint density at radius 3 is 2.26 bits per heavy atom. The van der Waals surface area contributed by atoms with Gasteiger partial charge in [0.25, 0.3) is 0 Å². The van der Waals surface area contributed by atoms with Crippen LogP contribution in [0.4, 0.5) is 0 Å². The third-order valence-corrected chi connectivity index (χ3v) is 14.0. The van der Waals surface area contributed by atoms with Crippen molar-refractivity contribution in [1.29, 1.82) is 0 Å². The van der Waals surface area contributed by atoms with E-state index in [9.17, 15) is 29.1 Å². The molecule has 10 atom stereocenters. The lowest BCUT2D eigenvalue weighted by Crippen LogP contribution is -2.58. The topological polar surface area (TPSA) is 146 Å².